The molecule has 0 aliphatic rings. The third-order valence-corrected chi connectivity index (χ3v) is 9.23. The van der Waals surface area contributed by atoms with Crippen LogP contribution in [-0.2, 0) is 0 Å². The van der Waals surface area contributed by atoms with Crippen LogP contribution in [0, 0.1) is 48.3 Å². The summed E-state index contributed by atoms with van der Waals surface area (Å²) in [4.78, 5) is 30.9. The lowest BCUT2D eigenvalue weighted by Gasteiger charge is -2.23. The molecule has 0 saturated heterocycles. The van der Waals surface area contributed by atoms with E-state index in [0.29, 0.717) is 12.2 Å². The molecule has 0 bridgehead atoms. The predicted octanol–water partition coefficient (Wildman–Crippen LogP) is 10.9. The van der Waals surface area contributed by atoms with Crippen LogP contribution in [0.4, 0.5) is 10.7 Å². The Labute approximate surface area is 272 Å². The molecule has 2 amide bonds. The summed E-state index contributed by atoms with van der Waals surface area (Å²) in [6.45, 7) is 21.2. The maximum atomic E-state index is 12.4. The van der Waals surface area contributed by atoms with E-state index >= 15 is 0 Å². The molecule has 0 atom stereocenters. The van der Waals surface area contributed by atoms with Crippen molar-refractivity contribution in [3.63, 3.8) is 0 Å². The Morgan fingerprint density at radius 3 is 1.41 bits per heavy atom. The second-order valence-corrected chi connectivity index (χ2v) is 15.6. The molecule has 6 heteroatoms. The van der Waals surface area contributed by atoms with Gasteiger partial charge < -0.3 is 5.32 Å². The molecule has 0 radical (unpaired) electrons. The highest BCUT2D eigenvalue weighted by Gasteiger charge is 2.16. The van der Waals surface area contributed by atoms with E-state index in [0.717, 1.165) is 54.3 Å². The largest absolute Gasteiger partial charge is 0.338 e. The van der Waals surface area contributed by atoms with Gasteiger partial charge in [0.05, 0.1) is 0 Å². The molecule has 0 unspecified atom stereocenters. The van der Waals surface area contributed by atoms with Gasteiger partial charge in [-0.1, -0.05) is 145 Å². The van der Waals surface area contributed by atoms with Gasteiger partial charge in [0.25, 0.3) is 5.56 Å². The summed E-state index contributed by atoms with van der Waals surface area (Å²) in [6.07, 6.45) is 21.0. The number of amides is 2. The molecule has 0 fully saturated rings. The first kappa shape index (κ1) is 40.2. The van der Waals surface area contributed by atoms with E-state index in [1.54, 1.807) is 6.92 Å². The summed E-state index contributed by atoms with van der Waals surface area (Å²) in [5.74, 6) is 5.80. The van der Waals surface area contributed by atoms with E-state index in [1.807, 2.05) is 0 Å². The smallest absolute Gasteiger partial charge is 0.321 e. The highest BCUT2D eigenvalue weighted by molar-refractivity contribution is 5.87. The van der Waals surface area contributed by atoms with Gasteiger partial charge in [-0.3, -0.25) is 15.1 Å². The highest BCUT2D eigenvalue weighted by atomic mass is 16.2. The first-order valence-corrected chi connectivity index (χ1v) is 18.5. The van der Waals surface area contributed by atoms with Gasteiger partial charge in [-0.2, -0.15) is 0 Å². The average molecular weight is 617 g/mol. The van der Waals surface area contributed by atoms with Gasteiger partial charge >= 0.3 is 6.03 Å². The topological polar surface area (TPSA) is 86.9 Å². The molecule has 44 heavy (non-hydrogen) atoms. The average Bonchev–Trinajstić information content (AvgIpc) is 2.91. The molecule has 256 valence electrons. The van der Waals surface area contributed by atoms with Crippen LogP contribution in [0.25, 0.3) is 0 Å². The summed E-state index contributed by atoms with van der Waals surface area (Å²) in [5.41, 5.74) is 0.320. The van der Waals surface area contributed by atoms with Gasteiger partial charge in [-0.25, -0.2) is 9.78 Å². The van der Waals surface area contributed by atoms with Crippen LogP contribution in [0.5, 0.6) is 0 Å². The van der Waals surface area contributed by atoms with Crippen LogP contribution < -0.4 is 16.2 Å². The number of carbonyl (C=O) groups excluding carboxylic acids is 1. The molecule has 1 rings (SSSR count). The fraction of sp³-hybridized carbons (Fsp3) is 0.868. The molecule has 1 aromatic heterocycles. The van der Waals surface area contributed by atoms with Crippen molar-refractivity contribution in [2.75, 3.05) is 11.9 Å². The van der Waals surface area contributed by atoms with Gasteiger partial charge in [0, 0.05) is 18.3 Å². The molecule has 1 heterocycles. The maximum absolute atomic E-state index is 12.4. The number of rotatable bonds is 25. The lowest BCUT2D eigenvalue weighted by molar-refractivity contribution is 0.251. The quantitative estimate of drug-likeness (QED) is 0.0955. The zero-order valence-electron chi connectivity index (χ0n) is 30.4. The Morgan fingerprint density at radius 1 is 0.636 bits per heavy atom. The molecule has 0 aliphatic carbocycles. The number of nitrogens with zero attached hydrogens (tertiary/aromatic N) is 1. The summed E-state index contributed by atoms with van der Waals surface area (Å²) < 4.78 is 0. The van der Waals surface area contributed by atoms with Crippen LogP contribution in [0.15, 0.2) is 10.9 Å². The summed E-state index contributed by atoms with van der Waals surface area (Å²) in [5, 5.41) is 5.64. The first-order chi connectivity index (χ1) is 20.8. The molecular formula is C38H72N4O2. The van der Waals surface area contributed by atoms with Crippen molar-refractivity contribution in [1.82, 2.24) is 15.3 Å². The number of aryl methyl sites for hydroxylation is 1. The molecule has 0 aromatic carbocycles. The zero-order chi connectivity index (χ0) is 32.9. The van der Waals surface area contributed by atoms with E-state index in [4.69, 9.17) is 0 Å². The lowest BCUT2D eigenvalue weighted by atomic mass is 9.83. The Bertz CT molecular complexity index is 866. The van der Waals surface area contributed by atoms with Crippen molar-refractivity contribution < 1.29 is 4.79 Å². The normalized spacial score (nSPS) is 12.2. The van der Waals surface area contributed by atoms with Gasteiger partial charge in [0.15, 0.2) is 0 Å². The first-order valence-electron chi connectivity index (χ1n) is 18.5. The summed E-state index contributed by atoms with van der Waals surface area (Å²) in [7, 11) is 0. The minimum atomic E-state index is -0.313. The molecule has 0 spiro atoms. The number of carbonyl (C=O) groups is 1. The number of aromatic nitrogens is 2. The minimum Gasteiger partial charge on any atom is -0.338 e. The minimum absolute atomic E-state index is 0.194. The molecule has 0 aliphatic heterocycles. The molecule has 6 nitrogen and oxygen atoms in total. The number of aromatic amines is 1. The van der Waals surface area contributed by atoms with Crippen LogP contribution in [0.1, 0.15) is 164 Å². The summed E-state index contributed by atoms with van der Waals surface area (Å²) in [6, 6.07) is 1.10. The van der Waals surface area contributed by atoms with E-state index in [1.165, 1.54) is 96.0 Å². The van der Waals surface area contributed by atoms with Crippen LogP contribution in [-0.4, -0.2) is 22.5 Å². The van der Waals surface area contributed by atoms with Crippen molar-refractivity contribution in [2.45, 2.75) is 165 Å². The molecule has 0 saturated carbocycles. The van der Waals surface area contributed by atoms with Crippen molar-refractivity contribution in [3.8, 4) is 0 Å². The van der Waals surface area contributed by atoms with Gasteiger partial charge in [-0.05, 0) is 61.2 Å². The van der Waals surface area contributed by atoms with Gasteiger partial charge in [0.2, 0.25) is 5.95 Å². The standard InChI is InChI=1S/C38H72N4O2/c1-28(2)18-22-34(23-19-29(3)4)15-10-13-33(14-11-16-35(24-20-30(5)6)25-21-31(7)8)17-12-26-39-38(44)42-37-40-32(9)27-36(43)41-37/h27-31,33-35H,10-26H2,1-9H3,(H3,39,40,41,42,43,44). The maximum Gasteiger partial charge on any atom is 0.321 e. The van der Waals surface area contributed by atoms with Crippen molar-refractivity contribution in [2.24, 2.45) is 41.4 Å². The molecular weight excluding hydrogens is 544 g/mol. The number of urea groups is 1. The number of H-pyrrole nitrogens is 1. The van der Waals surface area contributed by atoms with E-state index < -0.39 is 0 Å². The van der Waals surface area contributed by atoms with Crippen molar-refractivity contribution >= 4 is 12.0 Å². The Hall–Kier alpha value is -1.85. The Balaban J connectivity index is 2.69. The highest BCUT2D eigenvalue weighted by Crippen LogP contribution is 2.30. The van der Waals surface area contributed by atoms with E-state index in [-0.39, 0.29) is 17.5 Å². The second kappa shape index (κ2) is 23.5. The third-order valence-electron chi connectivity index (χ3n) is 9.23. The fourth-order valence-electron chi connectivity index (χ4n) is 6.35. The van der Waals surface area contributed by atoms with E-state index in [9.17, 15) is 9.59 Å². The zero-order valence-corrected chi connectivity index (χ0v) is 30.4. The number of nitrogens with one attached hydrogen (secondary N) is 3. The van der Waals surface area contributed by atoms with Crippen LogP contribution >= 0.6 is 0 Å². The number of anilines is 1. The fourth-order valence-corrected chi connectivity index (χ4v) is 6.35. The van der Waals surface area contributed by atoms with Gasteiger partial charge in [0.1, 0.15) is 0 Å². The SMILES string of the molecule is Cc1cc(=O)[nH]c(NC(=O)NCCCC(CCCC(CCC(C)C)CCC(C)C)CCCC(CCC(C)C)CCC(C)C)n1. The Kier molecular flexibility index (Phi) is 21.4. The second-order valence-electron chi connectivity index (χ2n) is 15.6. The van der Waals surface area contributed by atoms with Crippen molar-refractivity contribution in [1.29, 1.82) is 0 Å². The van der Waals surface area contributed by atoms with E-state index in [2.05, 4.69) is 76.0 Å². The predicted molar refractivity (Wildman–Crippen MR) is 190 cm³/mol. The lowest BCUT2D eigenvalue weighted by Crippen LogP contribution is -2.31. The number of hydrogen-bond acceptors (Lipinski definition) is 3. The van der Waals surface area contributed by atoms with Crippen LogP contribution in [0.2, 0.25) is 0 Å². The third kappa shape index (κ3) is 21.8. The molecule has 1 aromatic rings. The molecule has 3 N–H and O–H groups in total. The van der Waals surface area contributed by atoms with Crippen molar-refractivity contribution in [3.05, 3.63) is 22.1 Å². The number of hydrogen-bond donors (Lipinski definition) is 3. The Morgan fingerprint density at radius 2 is 1.02 bits per heavy atom. The monoisotopic (exact) mass is 617 g/mol. The summed E-state index contributed by atoms with van der Waals surface area (Å²) >= 11 is 0. The van der Waals surface area contributed by atoms with Crippen LogP contribution in [0.3, 0.4) is 0 Å². The van der Waals surface area contributed by atoms with Gasteiger partial charge in [-0.15, -0.1) is 0 Å².